The number of aryl methyl sites for hydroxylation is 2. The molecule has 24 heavy (non-hydrogen) atoms. The molecule has 0 atom stereocenters. The Balaban J connectivity index is 1.88. The summed E-state index contributed by atoms with van der Waals surface area (Å²) < 4.78 is 2.26. The molecule has 4 aromatic rings. The van der Waals surface area contributed by atoms with Gasteiger partial charge in [-0.1, -0.05) is 24.3 Å². The summed E-state index contributed by atoms with van der Waals surface area (Å²) in [5, 5.41) is 1.22. The summed E-state index contributed by atoms with van der Waals surface area (Å²) >= 11 is 0. The average Bonchev–Trinajstić information content (AvgIpc) is 2.63. The van der Waals surface area contributed by atoms with Crippen molar-refractivity contribution in [2.75, 3.05) is 0 Å². The number of nitrogens with zero attached hydrogens (tertiary/aromatic N) is 2. The van der Waals surface area contributed by atoms with Crippen LogP contribution < -0.4 is 4.57 Å². The Hall–Kier alpha value is -3.00. The largest absolute Gasteiger partial charge is 0.256 e. The Labute approximate surface area is 142 Å². The zero-order valence-electron chi connectivity index (χ0n) is 13.9. The summed E-state index contributed by atoms with van der Waals surface area (Å²) in [6.45, 7) is 2.16. The van der Waals surface area contributed by atoms with E-state index in [1.54, 1.807) is 0 Å². The van der Waals surface area contributed by atoms with E-state index >= 15 is 0 Å². The molecular formula is C22H19N2+. The van der Waals surface area contributed by atoms with E-state index in [0.717, 1.165) is 11.3 Å². The molecule has 0 radical (unpaired) electrons. The van der Waals surface area contributed by atoms with E-state index in [1.165, 1.54) is 27.7 Å². The van der Waals surface area contributed by atoms with Crippen molar-refractivity contribution in [1.29, 1.82) is 0 Å². The molecular weight excluding hydrogens is 292 g/mol. The van der Waals surface area contributed by atoms with Crippen molar-refractivity contribution in [1.82, 2.24) is 4.98 Å². The number of hydrogen-bond donors (Lipinski definition) is 0. The van der Waals surface area contributed by atoms with Gasteiger partial charge < -0.3 is 0 Å². The first-order valence-electron chi connectivity index (χ1n) is 8.14. The van der Waals surface area contributed by atoms with Crippen LogP contribution in [0.4, 0.5) is 0 Å². The highest BCUT2D eigenvalue weighted by atomic mass is 14.9. The summed E-state index contributed by atoms with van der Waals surface area (Å²) in [4.78, 5) is 4.45. The van der Waals surface area contributed by atoms with Gasteiger partial charge in [-0.15, -0.1) is 0 Å². The molecule has 0 aliphatic rings. The summed E-state index contributed by atoms with van der Waals surface area (Å²) in [5.74, 6) is 0. The second kappa shape index (κ2) is 5.89. The predicted octanol–water partition coefficient (Wildman–Crippen LogP) is 4.70. The summed E-state index contributed by atoms with van der Waals surface area (Å²) in [6, 6.07) is 25.5. The zero-order valence-corrected chi connectivity index (χ0v) is 13.9. The Kier molecular flexibility index (Phi) is 3.58. The third-order valence-electron chi connectivity index (χ3n) is 4.55. The second-order valence-corrected chi connectivity index (χ2v) is 6.08. The van der Waals surface area contributed by atoms with Crippen LogP contribution in [0.1, 0.15) is 5.56 Å². The lowest BCUT2D eigenvalue weighted by molar-refractivity contribution is -0.633. The van der Waals surface area contributed by atoms with Crippen LogP contribution in [-0.2, 0) is 7.05 Å². The highest BCUT2D eigenvalue weighted by Crippen LogP contribution is 2.25. The van der Waals surface area contributed by atoms with Gasteiger partial charge in [-0.25, -0.2) is 0 Å². The van der Waals surface area contributed by atoms with Gasteiger partial charge in [-0.2, -0.15) is 4.57 Å². The zero-order chi connectivity index (χ0) is 16.5. The van der Waals surface area contributed by atoms with E-state index in [0.29, 0.717) is 0 Å². The third-order valence-corrected chi connectivity index (χ3v) is 4.55. The van der Waals surface area contributed by atoms with Crippen molar-refractivity contribution in [2.24, 2.45) is 7.05 Å². The molecule has 0 saturated carbocycles. The molecule has 2 heteroatoms. The lowest BCUT2D eigenvalue weighted by Gasteiger charge is -2.07. The van der Waals surface area contributed by atoms with Crippen molar-refractivity contribution in [2.45, 2.75) is 6.92 Å². The lowest BCUT2D eigenvalue weighted by atomic mass is 10.0. The Morgan fingerprint density at radius 1 is 0.833 bits per heavy atom. The van der Waals surface area contributed by atoms with Gasteiger partial charge >= 0.3 is 0 Å². The van der Waals surface area contributed by atoms with Gasteiger partial charge in [0.2, 0.25) is 11.2 Å². The van der Waals surface area contributed by atoms with Crippen molar-refractivity contribution in [3.63, 3.8) is 0 Å². The van der Waals surface area contributed by atoms with E-state index in [9.17, 15) is 0 Å². The van der Waals surface area contributed by atoms with Gasteiger partial charge in [0.25, 0.3) is 0 Å². The number of hydrogen-bond acceptors (Lipinski definition) is 1. The van der Waals surface area contributed by atoms with Gasteiger partial charge in [0, 0.05) is 34.8 Å². The van der Waals surface area contributed by atoms with Crippen LogP contribution in [0, 0.1) is 6.92 Å². The molecule has 0 unspecified atom stereocenters. The number of pyridine rings is 2. The van der Waals surface area contributed by atoms with Crippen LogP contribution in [0.3, 0.4) is 0 Å². The lowest BCUT2D eigenvalue weighted by Crippen LogP contribution is -2.32. The first-order chi connectivity index (χ1) is 11.7. The maximum atomic E-state index is 4.45. The molecule has 0 aliphatic carbocycles. The minimum atomic E-state index is 1.00. The minimum Gasteiger partial charge on any atom is -0.256 e. The number of benzene rings is 2. The van der Waals surface area contributed by atoms with Gasteiger partial charge in [-0.3, -0.25) is 4.98 Å². The molecule has 4 rings (SSSR count). The molecule has 2 aromatic carbocycles. The Morgan fingerprint density at radius 2 is 1.67 bits per heavy atom. The third kappa shape index (κ3) is 2.46. The Morgan fingerprint density at radius 3 is 2.46 bits per heavy atom. The molecule has 0 bridgehead atoms. The van der Waals surface area contributed by atoms with Gasteiger partial charge in [0.15, 0.2) is 0 Å². The van der Waals surface area contributed by atoms with Crippen LogP contribution >= 0.6 is 0 Å². The van der Waals surface area contributed by atoms with Crippen molar-refractivity contribution in [3.05, 3.63) is 84.6 Å². The summed E-state index contributed by atoms with van der Waals surface area (Å²) in [6.07, 6.45) is 1.83. The minimum absolute atomic E-state index is 1.00. The van der Waals surface area contributed by atoms with Crippen LogP contribution in [-0.4, -0.2) is 4.98 Å². The molecule has 0 fully saturated rings. The first kappa shape index (κ1) is 14.6. The monoisotopic (exact) mass is 311 g/mol. The maximum Gasteiger partial charge on any atom is 0.213 e. The van der Waals surface area contributed by atoms with Crippen molar-refractivity contribution >= 4 is 10.9 Å². The SMILES string of the molecule is Cc1ccccc1-c1ccc2cc(-c3ccccn3)ccc2[n+]1C. The van der Waals surface area contributed by atoms with Crippen LogP contribution in [0.15, 0.2) is 79.0 Å². The molecule has 0 spiro atoms. The number of rotatable bonds is 2. The smallest absolute Gasteiger partial charge is 0.213 e. The fraction of sp³-hybridized carbons (Fsp3) is 0.0909. The summed E-state index contributed by atoms with van der Waals surface area (Å²) in [7, 11) is 2.13. The van der Waals surface area contributed by atoms with E-state index in [2.05, 4.69) is 78.1 Å². The normalized spacial score (nSPS) is 10.9. The fourth-order valence-electron chi connectivity index (χ4n) is 3.23. The first-order valence-corrected chi connectivity index (χ1v) is 8.14. The Bertz CT molecular complexity index is 1020. The van der Waals surface area contributed by atoms with Crippen LogP contribution in [0.5, 0.6) is 0 Å². The second-order valence-electron chi connectivity index (χ2n) is 6.08. The van der Waals surface area contributed by atoms with Gasteiger partial charge in [-0.05, 0) is 48.9 Å². The van der Waals surface area contributed by atoms with Crippen molar-refractivity contribution in [3.8, 4) is 22.5 Å². The number of fused-ring (bicyclic) bond motifs is 1. The van der Waals surface area contributed by atoms with Crippen LogP contribution in [0.2, 0.25) is 0 Å². The molecule has 0 N–H and O–H groups in total. The maximum absolute atomic E-state index is 4.45. The van der Waals surface area contributed by atoms with E-state index in [-0.39, 0.29) is 0 Å². The highest BCUT2D eigenvalue weighted by molar-refractivity contribution is 5.83. The quantitative estimate of drug-likeness (QED) is 0.490. The van der Waals surface area contributed by atoms with E-state index in [1.807, 2.05) is 24.4 Å². The molecule has 2 heterocycles. The standard InChI is InChI=1S/C22H19N2/c1-16-7-3-4-8-19(16)22-13-11-18-15-17(10-12-21(18)24(22)2)20-9-5-6-14-23-20/h3-15H,1-2H3/q+1. The highest BCUT2D eigenvalue weighted by Gasteiger charge is 2.15. The number of aromatic nitrogens is 2. The van der Waals surface area contributed by atoms with Gasteiger partial charge in [0.1, 0.15) is 7.05 Å². The van der Waals surface area contributed by atoms with Crippen LogP contribution in [0.25, 0.3) is 33.4 Å². The fourth-order valence-corrected chi connectivity index (χ4v) is 3.23. The van der Waals surface area contributed by atoms with Crippen molar-refractivity contribution < 1.29 is 4.57 Å². The van der Waals surface area contributed by atoms with E-state index in [4.69, 9.17) is 0 Å². The van der Waals surface area contributed by atoms with Gasteiger partial charge in [0.05, 0.1) is 5.69 Å². The molecule has 0 amide bonds. The molecule has 0 saturated heterocycles. The molecule has 2 aromatic heterocycles. The molecule has 116 valence electrons. The van der Waals surface area contributed by atoms with E-state index < -0.39 is 0 Å². The molecule has 2 nitrogen and oxygen atoms in total. The topological polar surface area (TPSA) is 16.8 Å². The summed E-state index contributed by atoms with van der Waals surface area (Å²) in [5.41, 5.74) is 7.16. The predicted molar refractivity (Wildman–Crippen MR) is 98.5 cm³/mol. The molecule has 0 aliphatic heterocycles. The average molecular weight is 311 g/mol.